The van der Waals surface area contributed by atoms with Crippen molar-refractivity contribution in [3.63, 3.8) is 0 Å². The Balaban J connectivity index is 0.000000247. The number of rotatable bonds is 7. The van der Waals surface area contributed by atoms with Crippen molar-refractivity contribution >= 4 is 81.1 Å². The van der Waals surface area contributed by atoms with Gasteiger partial charge in [0.2, 0.25) is 5.91 Å². The Kier molecular flexibility index (Phi) is 10.0. The van der Waals surface area contributed by atoms with Gasteiger partial charge in [0.1, 0.15) is 11.7 Å². The minimum atomic E-state index is -0.437. The van der Waals surface area contributed by atoms with Gasteiger partial charge in [-0.05, 0) is 36.8 Å². The first kappa shape index (κ1) is 28.5. The summed E-state index contributed by atoms with van der Waals surface area (Å²) in [7, 11) is 0. The van der Waals surface area contributed by atoms with E-state index < -0.39 is 5.41 Å². The fourth-order valence-electron chi connectivity index (χ4n) is 2.39. The summed E-state index contributed by atoms with van der Waals surface area (Å²) < 4.78 is 6.88. The molecule has 2 amide bonds. The Morgan fingerprint density at radius 2 is 1.43 bits per heavy atom. The van der Waals surface area contributed by atoms with Crippen LogP contribution in [0.3, 0.4) is 0 Å². The van der Waals surface area contributed by atoms with Gasteiger partial charge in [-0.1, -0.05) is 20.8 Å². The third kappa shape index (κ3) is 7.88. The summed E-state index contributed by atoms with van der Waals surface area (Å²) in [4.78, 5) is 25.0. The van der Waals surface area contributed by atoms with Gasteiger partial charge >= 0.3 is 0 Å². The molecule has 0 fully saturated rings. The quantitative estimate of drug-likeness (QED) is 0.130. The van der Waals surface area contributed by atoms with E-state index in [-0.39, 0.29) is 29.2 Å². The molecule has 0 saturated carbocycles. The van der Waals surface area contributed by atoms with Crippen LogP contribution in [0.15, 0.2) is 43.4 Å². The van der Waals surface area contributed by atoms with Crippen molar-refractivity contribution in [2.45, 2.75) is 29.2 Å². The van der Waals surface area contributed by atoms with Gasteiger partial charge in [0.25, 0.3) is 5.91 Å². The molecule has 0 aromatic carbocycles. The standard InChI is InChI=1S/C11H11N3O2S2.C11H17N3OS2/c1-17-11-6(5-8(18-11)9(12)13)14-10(15)7-3-2-4-16-7;1-11(2,3)10(15)14-6-5-7(8(12)13)17-9(6)16-4/h2-5H,1H3,(H3,12,13)(H,14,15);5H,1-4H3,(H3,12,13)(H,14,15). The molecule has 0 unspecified atom stereocenters. The van der Waals surface area contributed by atoms with E-state index in [0.717, 1.165) is 14.1 Å². The predicted molar refractivity (Wildman–Crippen MR) is 149 cm³/mol. The topological polar surface area (TPSA) is 171 Å². The summed E-state index contributed by atoms with van der Waals surface area (Å²) in [5.74, 6) is -0.0862. The Bertz CT molecular complexity index is 1210. The van der Waals surface area contributed by atoms with Gasteiger partial charge in [0.05, 0.1) is 35.8 Å². The smallest absolute Gasteiger partial charge is 0.291 e. The number of carbonyl (C=O) groups is 2. The molecule has 8 N–H and O–H groups in total. The first-order valence-corrected chi connectivity index (χ1v) is 14.2. The lowest BCUT2D eigenvalue weighted by Gasteiger charge is -2.17. The van der Waals surface area contributed by atoms with Crippen molar-refractivity contribution in [2.24, 2.45) is 16.9 Å². The van der Waals surface area contributed by atoms with Crippen LogP contribution in [0, 0.1) is 16.2 Å². The summed E-state index contributed by atoms with van der Waals surface area (Å²) in [5, 5.41) is 20.4. The molecule has 3 rings (SSSR count). The summed E-state index contributed by atoms with van der Waals surface area (Å²) >= 11 is 5.83. The first-order chi connectivity index (χ1) is 16.4. The molecular formula is C22H28N6O3S4. The number of thioether (sulfide) groups is 2. The first-order valence-electron chi connectivity index (χ1n) is 10.1. The molecule has 188 valence electrons. The zero-order valence-electron chi connectivity index (χ0n) is 19.9. The average Bonchev–Trinajstić information content (AvgIpc) is 3.53. The SMILES string of the molecule is CSc1sc(C(=N)N)cc1NC(=O)C(C)(C)C.CSc1sc(C(=N)N)cc1NC(=O)c1ccco1. The van der Waals surface area contributed by atoms with Crippen molar-refractivity contribution in [1.82, 2.24) is 0 Å². The molecule has 9 nitrogen and oxygen atoms in total. The van der Waals surface area contributed by atoms with Crippen LogP contribution in [0.2, 0.25) is 0 Å². The summed E-state index contributed by atoms with van der Waals surface area (Å²) in [6.45, 7) is 5.58. The van der Waals surface area contributed by atoms with E-state index in [1.165, 1.54) is 52.5 Å². The van der Waals surface area contributed by atoms with E-state index in [9.17, 15) is 9.59 Å². The van der Waals surface area contributed by atoms with Crippen molar-refractivity contribution in [3.05, 3.63) is 46.0 Å². The van der Waals surface area contributed by atoms with E-state index in [2.05, 4.69) is 10.6 Å². The minimum Gasteiger partial charge on any atom is -0.459 e. The van der Waals surface area contributed by atoms with Crippen LogP contribution in [-0.2, 0) is 4.79 Å². The second-order valence-electron chi connectivity index (χ2n) is 7.99. The molecule has 0 radical (unpaired) electrons. The van der Waals surface area contributed by atoms with Crippen LogP contribution in [0.25, 0.3) is 0 Å². The van der Waals surface area contributed by atoms with E-state index in [1.54, 1.807) is 24.3 Å². The number of furan rings is 1. The Morgan fingerprint density at radius 3 is 1.80 bits per heavy atom. The largest absolute Gasteiger partial charge is 0.459 e. The highest BCUT2D eigenvalue weighted by Crippen LogP contribution is 2.36. The minimum absolute atomic E-state index is 0.00574. The van der Waals surface area contributed by atoms with E-state index in [1.807, 2.05) is 33.3 Å². The third-order valence-corrected chi connectivity index (χ3v) is 8.83. The summed E-state index contributed by atoms with van der Waals surface area (Å²) in [6, 6.07) is 6.69. The number of anilines is 2. The highest BCUT2D eigenvalue weighted by atomic mass is 32.2. The molecule has 0 aliphatic rings. The molecule has 0 saturated heterocycles. The number of nitrogen functional groups attached to an aromatic ring is 2. The predicted octanol–water partition coefficient (Wildman–Crippen LogP) is 5.34. The van der Waals surface area contributed by atoms with Crippen molar-refractivity contribution in [2.75, 3.05) is 23.1 Å². The molecule has 0 aliphatic carbocycles. The maximum absolute atomic E-state index is 11.9. The molecule has 0 atom stereocenters. The van der Waals surface area contributed by atoms with Crippen molar-refractivity contribution < 1.29 is 14.0 Å². The fourth-order valence-corrected chi connectivity index (χ4v) is 5.67. The maximum Gasteiger partial charge on any atom is 0.291 e. The second kappa shape index (κ2) is 12.3. The van der Waals surface area contributed by atoms with Gasteiger partial charge in [-0.25, -0.2) is 0 Å². The van der Waals surface area contributed by atoms with Crippen LogP contribution in [0.1, 0.15) is 41.1 Å². The lowest BCUT2D eigenvalue weighted by molar-refractivity contribution is -0.123. The highest BCUT2D eigenvalue weighted by Gasteiger charge is 2.23. The number of hydrogen-bond acceptors (Lipinski definition) is 9. The van der Waals surface area contributed by atoms with Gasteiger partial charge in [-0.2, -0.15) is 0 Å². The second-order valence-corrected chi connectivity index (χ2v) is 12.2. The molecule has 13 heteroatoms. The van der Waals surface area contributed by atoms with E-state index in [0.29, 0.717) is 15.4 Å². The van der Waals surface area contributed by atoms with Crippen molar-refractivity contribution in [3.8, 4) is 0 Å². The average molecular weight is 553 g/mol. The molecule has 35 heavy (non-hydrogen) atoms. The van der Waals surface area contributed by atoms with E-state index >= 15 is 0 Å². The Labute approximate surface area is 220 Å². The molecule has 3 heterocycles. The number of carbonyl (C=O) groups excluding carboxylic acids is 2. The van der Waals surface area contributed by atoms with Gasteiger partial charge in [0.15, 0.2) is 5.76 Å². The number of nitrogens with one attached hydrogen (secondary N) is 4. The zero-order valence-corrected chi connectivity index (χ0v) is 23.2. The van der Waals surface area contributed by atoms with Gasteiger partial charge in [0, 0.05) is 5.41 Å². The fraction of sp³-hybridized carbons (Fsp3) is 0.273. The normalized spacial score (nSPS) is 10.8. The van der Waals surface area contributed by atoms with Gasteiger partial charge in [-0.15, -0.1) is 46.2 Å². The number of nitrogens with two attached hydrogens (primary N) is 2. The van der Waals surface area contributed by atoms with Crippen LogP contribution in [0.5, 0.6) is 0 Å². The molecule has 0 spiro atoms. The van der Waals surface area contributed by atoms with Gasteiger partial charge < -0.3 is 26.5 Å². The van der Waals surface area contributed by atoms with Crippen molar-refractivity contribution in [1.29, 1.82) is 10.8 Å². The van der Waals surface area contributed by atoms with Crippen LogP contribution in [-0.4, -0.2) is 36.0 Å². The lowest BCUT2D eigenvalue weighted by atomic mass is 9.96. The monoisotopic (exact) mass is 552 g/mol. The van der Waals surface area contributed by atoms with Gasteiger partial charge in [-0.3, -0.25) is 20.4 Å². The highest BCUT2D eigenvalue weighted by molar-refractivity contribution is 8.00. The van der Waals surface area contributed by atoms with E-state index in [4.69, 9.17) is 26.7 Å². The molecule has 0 aliphatic heterocycles. The summed E-state index contributed by atoms with van der Waals surface area (Å²) in [5.41, 5.74) is 11.8. The number of amides is 2. The maximum atomic E-state index is 11.9. The third-order valence-electron chi connectivity index (χ3n) is 4.22. The number of amidine groups is 2. The Morgan fingerprint density at radius 1 is 0.943 bits per heavy atom. The molecular weight excluding hydrogens is 525 g/mol. The van der Waals surface area contributed by atoms with Crippen LogP contribution in [0.4, 0.5) is 11.4 Å². The molecule has 3 aromatic heterocycles. The summed E-state index contributed by atoms with van der Waals surface area (Å²) in [6.07, 6.45) is 5.28. The van der Waals surface area contributed by atoms with Crippen LogP contribution < -0.4 is 22.1 Å². The number of thiophene rings is 2. The zero-order chi connectivity index (χ0) is 26.3. The molecule has 0 bridgehead atoms. The lowest BCUT2D eigenvalue weighted by Crippen LogP contribution is -2.27. The number of hydrogen-bond donors (Lipinski definition) is 6. The van der Waals surface area contributed by atoms with Crippen LogP contribution >= 0.6 is 46.2 Å². The Hall–Kier alpha value is -2.74. The molecule has 3 aromatic rings.